The maximum Gasteiger partial charge on any atom is 0.326 e. The molecule has 2 atom stereocenters. The second-order valence-electron chi connectivity index (χ2n) is 4.85. The second-order valence-corrected chi connectivity index (χ2v) is 4.85. The van der Waals surface area contributed by atoms with Crippen molar-refractivity contribution in [2.75, 3.05) is 30.4 Å². The molecule has 6 nitrogen and oxygen atoms in total. The second kappa shape index (κ2) is 4.80. The Hall–Kier alpha value is -1.85. The van der Waals surface area contributed by atoms with E-state index in [2.05, 4.69) is 9.97 Å². The van der Waals surface area contributed by atoms with E-state index in [-0.39, 0.29) is 5.92 Å². The van der Waals surface area contributed by atoms with Gasteiger partial charge < -0.3 is 14.9 Å². The van der Waals surface area contributed by atoms with Crippen molar-refractivity contribution in [3.8, 4) is 0 Å². The van der Waals surface area contributed by atoms with Crippen LogP contribution in [0.1, 0.15) is 13.3 Å². The number of carboxylic acid groups (broad SMARTS) is 1. The Morgan fingerprint density at radius 2 is 2.28 bits per heavy atom. The number of hydrogen-bond acceptors (Lipinski definition) is 5. The minimum absolute atomic E-state index is 0.139. The monoisotopic (exact) mass is 250 g/mol. The first-order valence-corrected chi connectivity index (χ1v) is 6.00. The van der Waals surface area contributed by atoms with E-state index in [1.165, 1.54) is 0 Å². The van der Waals surface area contributed by atoms with Gasteiger partial charge >= 0.3 is 5.97 Å². The first-order chi connectivity index (χ1) is 8.50. The number of carboxylic acids is 1. The lowest BCUT2D eigenvalue weighted by Gasteiger charge is -2.25. The number of anilines is 2. The van der Waals surface area contributed by atoms with Gasteiger partial charge in [-0.3, -0.25) is 0 Å². The summed E-state index contributed by atoms with van der Waals surface area (Å²) in [5.74, 6) is 0.631. The molecule has 1 aromatic heterocycles. The first-order valence-electron chi connectivity index (χ1n) is 6.00. The summed E-state index contributed by atoms with van der Waals surface area (Å²) < 4.78 is 0. The van der Waals surface area contributed by atoms with Gasteiger partial charge in [0.15, 0.2) is 0 Å². The standard InChI is InChI=1S/C12H18N4O2/c1-8-5-7-16(10(8)11(17)18)9-4-6-13-12(14-9)15(2)3/h4,6,8,10H,5,7H2,1-3H3,(H,17,18). The first kappa shape index (κ1) is 12.6. The highest BCUT2D eigenvalue weighted by Gasteiger charge is 2.37. The van der Waals surface area contributed by atoms with Gasteiger partial charge in [0.1, 0.15) is 11.9 Å². The zero-order valence-electron chi connectivity index (χ0n) is 10.9. The minimum Gasteiger partial charge on any atom is -0.480 e. The Balaban J connectivity index is 2.30. The number of hydrogen-bond donors (Lipinski definition) is 1. The number of carbonyl (C=O) groups is 1. The van der Waals surface area contributed by atoms with Gasteiger partial charge in [0, 0.05) is 26.8 Å². The van der Waals surface area contributed by atoms with E-state index in [1.54, 1.807) is 17.2 Å². The van der Waals surface area contributed by atoms with Crippen molar-refractivity contribution in [2.45, 2.75) is 19.4 Å². The summed E-state index contributed by atoms with van der Waals surface area (Å²) in [4.78, 5) is 23.5. The number of nitrogens with zero attached hydrogens (tertiary/aromatic N) is 4. The molecule has 0 aliphatic carbocycles. The lowest BCUT2D eigenvalue weighted by Crippen LogP contribution is -2.39. The molecule has 2 rings (SSSR count). The predicted octanol–water partition coefficient (Wildman–Crippen LogP) is 0.842. The van der Waals surface area contributed by atoms with Gasteiger partial charge in [-0.15, -0.1) is 0 Å². The normalized spacial score (nSPS) is 23.2. The topological polar surface area (TPSA) is 69.6 Å². The van der Waals surface area contributed by atoms with Crippen LogP contribution in [0.5, 0.6) is 0 Å². The molecule has 0 saturated carbocycles. The molecular weight excluding hydrogens is 232 g/mol. The molecule has 1 aromatic rings. The van der Waals surface area contributed by atoms with Crippen molar-refractivity contribution in [3.63, 3.8) is 0 Å². The molecule has 0 spiro atoms. The Morgan fingerprint density at radius 1 is 1.56 bits per heavy atom. The minimum atomic E-state index is -0.787. The van der Waals surface area contributed by atoms with Gasteiger partial charge in [-0.1, -0.05) is 6.92 Å². The maximum atomic E-state index is 11.3. The molecular formula is C12H18N4O2. The molecule has 18 heavy (non-hydrogen) atoms. The van der Waals surface area contributed by atoms with Crippen LogP contribution in [-0.4, -0.2) is 47.7 Å². The summed E-state index contributed by atoms with van der Waals surface area (Å²) in [6, 6.07) is 1.27. The van der Waals surface area contributed by atoms with Gasteiger partial charge in [0.2, 0.25) is 5.95 Å². The van der Waals surface area contributed by atoms with Crippen molar-refractivity contribution in [1.29, 1.82) is 0 Å². The Kier molecular flexibility index (Phi) is 3.36. The molecule has 1 aliphatic rings. The van der Waals surface area contributed by atoms with Crippen LogP contribution >= 0.6 is 0 Å². The third-order valence-corrected chi connectivity index (χ3v) is 3.28. The number of aliphatic carboxylic acids is 1. The van der Waals surface area contributed by atoms with Crippen LogP contribution in [0.2, 0.25) is 0 Å². The highest BCUT2D eigenvalue weighted by atomic mass is 16.4. The van der Waals surface area contributed by atoms with Gasteiger partial charge in [-0.25, -0.2) is 9.78 Å². The van der Waals surface area contributed by atoms with Crippen LogP contribution in [0.15, 0.2) is 12.3 Å². The van der Waals surface area contributed by atoms with Gasteiger partial charge in [-0.05, 0) is 18.4 Å². The van der Waals surface area contributed by atoms with E-state index in [1.807, 2.05) is 25.9 Å². The van der Waals surface area contributed by atoms with Crippen molar-refractivity contribution in [3.05, 3.63) is 12.3 Å². The summed E-state index contributed by atoms with van der Waals surface area (Å²) in [5.41, 5.74) is 0. The molecule has 98 valence electrons. The lowest BCUT2D eigenvalue weighted by molar-refractivity contribution is -0.139. The molecule has 0 bridgehead atoms. The lowest BCUT2D eigenvalue weighted by atomic mass is 10.0. The fourth-order valence-electron chi connectivity index (χ4n) is 2.30. The summed E-state index contributed by atoms with van der Waals surface area (Å²) in [6.45, 7) is 2.69. The quantitative estimate of drug-likeness (QED) is 0.857. The molecule has 0 radical (unpaired) electrons. The number of rotatable bonds is 3. The summed E-state index contributed by atoms with van der Waals surface area (Å²) in [5, 5.41) is 9.30. The largest absolute Gasteiger partial charge is 0.480 e. The third-order valence-electron chi connectivity index (χ3n) is 3.28. The van der Waals surface area contributed by atoms with E-state index in [0.29, 0.717) is 11.8 Å². The van der Waals surface area contributed by atoms with Crippen LogP contribution in [0, 0.1) is 5.92 Å². The van der Waals surface area contributed by atoms with Crippen molar-refractivity contribution < 1.29 is 9.90 Å². The molecule has 0 aromatic carbocycles. The van der Waals surface area contributed by atoms with Crippen molar-refractivity contribution in [2.24, 2.45) is 5.92 Å². The van der Waals surface area contributed by atoms with Crippen molar-refractivity contribution >= 4 is 17.7 Å². The van der Waals surface area contributed by atoms with Crippen LogP contribution in [0.3, 0.4) is 0 Å². The molecule has 6 heteroatoms. The van der Waals surface area contributed by atoms with E-state index in [4.69, 9.17) is 0 Å². The Labute approximate surface area is 106 Å². The predicted molar refractivity (Wildman–Crippen MR) is 68.9 cm³/mol. The van der Waals surface area contributed by atoms with Gasteiger partial charge in [0.05, 0.1) is 0 Å². The molecule has 1 N–H and O–H groups in total. The van der Waals surface area contributed by atoms with Crippen LogP contribution < -0.4 is 9.80 Å². The molecule has 1 aliphatic heterocycles. The van der Waals surface area contributed by atoms with Crippen LogP contribution in [0.4, 0.5) is 11.8 Å². The van der Waals surface area contributed by atoms with Gasteiger partial charge in [-0.2, -0.15) is 4.98 Å². The zero-order chi connectivity index (χ0) is 13.3. The van der Waals surface area contributed by atoms with Gasteiger partial charge in [0.25, 0.3) is 0 Å². The summed E-state index contributed by atoms with van der Waals surface area (Å²) in [7, 11) is 3.72. The third kappa shape index (κ3) is 2.23. The van der Waals surface area contributed by atoms with Crippen LogP contribution in [-0.2, 0) is 4.79 Å². The molecule has 2 heterocycles. The van der Waals surface area contributed by atoms with E-state index in [9.17, 15) is 9.90 Å². The molecule has 0 amide bonds. The average molecular weight is 250 g/mol. The number of aromatic nitrogens is 2. The Morgan fingerprint density at radius 3 is 2.89 bits per heavy atom. The molecule has 2 unspecified atom stereocenters. The molecule has 1 saturated heterocycles. The summed E-state index contributed by atoms with van der Waals surface area (Å²) in [6.07, 6.45) is 2.54. The zero-order valence-corrected chi connectivity index (χ0v) is 10.9. The smallest absolute Gasteiger partial charge is 0.326 e. The maximum absolute atomic E-state index is 11.3. The summed E-state index contributed by atoms with van der Waals surface area (Å²) >= 11 is 0. The highest BCUT2D eigenvalue weighted by molar-refractivity contribution is 5.79. The van der Waals surface area contributed by atoms with E-state index < -0.39 is 12.0 Å². The highest BCUT2D eigenvalue weighted by Crippen LogP contribution is 2.28. The van der Waals surface area contributed by atoms with Crippen molar-refractivity contribution in [1.82, 2.24) is 9.97 Å². The SMILES string of the molecule is CC1CCN(c2ccnc(N(C)C)n2)C1C(=O)O. The fourth-order valence-corrected chi connectivity index (χ4v) is 2.30. The fraction of sp³-hybridized carbons (Fsp3) is 0.583. The van der Waals surface area contributed by atoms with Crippen LogP contribution in [0.25, 0.3) is 0 Å². The van der Waals surface area contributed by atoms with E-state index >= 15 is 0 Å². The van der Waals surface area contributed by atoms with E-state index in [0.717, 1.165) is 13.0 Å². The Bertz CT molecular complexity index is 449. The molecule has 1 fully saturated rings. The average Bonchev–Trinajstić information content (AvgIpc) is 2.71.